The Morgan fingerprint density at radius 1 is 1.29 bits per heavy atom. The number of carbonyl (C=O) groups excluding carboxylic acids is 2. The van der Waals surface area contributed by atoms with Crippen molar-refractivity contribution in [3.05, 3.63) is 22.7 Å². The summed E-state index contributed by atoms with van der Waals surface area (Å²) < 4.78 is 5.01. The lowest BCUT2D eigenvalue weighted by Crippen LogP contribution is -2.35. The van der Waals surface area contributed by atoms with Crippen LogP contribution in [0.5, 0.6) is 0 Å². The number of amides is 1. The molecular weight excluding hydrogens is 294 g/mol. The summed E-state index contributed by atoms with van der Waals surface area (Å²) in [5.41, 5.74) is 6.76. The summed E-state index contributed by atoms with van der Waals surface area (Å²) in [6.45, 7) is 2.04. The Bertz CT molecular complexity index is 547. The molecule has 0 radical (unpaired) electrons. The number of hydrogen-bond donors (Lipinski definition) is 1. The second-order valence-electron chi connectivity index (χ2n) is 4.76. The number of rotatable bonds is 5. The molecule has 1 aromatic carbocycles. The van der Waals surface area contributed by atoms with Crippen LogP contribution in [0.2, 0.25) is 5.02 Å². The molecule has 0 aliphatic heterocycles. The first-order chi connectivity index (χ1) is 9.77. The highest BCUT2D eigenvalue weighted by Gasteiger charge is 2.21. The molecule has 1 amide bonds. The molecule has 0 aromatic heterocycles. The van der Waals surface area contributed by atoms with Gasteiger partial charge in [0.15, 0.2) is 0 Å². The fourth-order valence-electron chi connectivity index (χ4n) is 1.80. The van der Waals surface area contributed by atoms with Crippen LogP contribution in [0.3, 0.4) is 0 Å². The minimum Gasteiger partial charge on any atom is -0.462 e. The molecule has 0 atom stereocenters. The minimum absolute atomic E-state index is 0.0864. The van der Waals surface area contributed by atoms with E-state index in [9.17, 15) is 9.59 Å². The van der Waals surface area contributed by atoms with Crippen LogP contribution in [-0.2, 0) is 9.53 Å². The maximum absolute atomic E-state index is 12.0. The molecule has 0 aliphatic rings. The largest absolute Gasteiger partial charge is 0.462 e. The predicted octanol–water partition coefficient (Wildman–Crippen LogP) is 1.62. The zero-order chi connectivity index (χ0) is 16.2. The topological polar surface area (TPSA) is 75.9 Å². The average Bonchev–Trinajstić information content (AvgIpc) is 2.37. The molecule has 0 bridgehead atoms. The number of benzene rings is 1. The van der Waals surface area contributed by atoms with Gasteiger partial charge in [-0.3, -0.25) is 4.79 Å². The first-order valence-corrected chi connectivity index (χ1v) is 6.83. The Kier molecular flexibility index (Phi) is 5.84. The number of nitrogen functional groups attached to an aromatic ring is 1. The Balaban J connectivity index is 3.20. The normalized spacial score (nSPS) is 10.1. The van der Waals surface area contributed by atoms with E-state index in [0.717, 1.165) is 0 Å². The van der Waals surface area contributed by atoms with Crippen molar-refractivity contribution in [3.8, 4) is 0 Å². The quantitative estimate of drug-likeness (QED) is 0.660. The zero-order valence-corrected chi connectivity index (χ0v) is 13.4. The van der Waals surface area contributed by atoms with Gasteiger partial charge in [-0.2, -0.15) is 0 Å². The van der Waals surface area contributed by atoms with Gasteiger partial charge in [-0.05, 0) is 19.1 Å². The summed E-state index contributed by atoms with van der Waals surface area (Å²) in [4.78, 5) is 26.9. The highest BCUT2D eigenvalue weighted by atomic mass is 35.5. The van der Waals surface area contributed by atoms with Crippen LogP contribution in [0.4, 0.5) is 11.4 Å². The molecular formula is C14H20ClN3O3. The highest BCUT2D eigenvalue weighted by Crippen LogP contribution is 2.32. The van der Waals surface area contributed by atoms with Crippen molar-refractivity contribution in [3.63, 3.8) is 0 Å². The maximum atomic E-state index is 12.0. The molecule has 0 spiro atoms. The van der Waals surface area contributed by atoms with E-state index in [4.69, 9.17) is 22.1 Å². The molecule has 1 rings (SSSR count). The van der Waals surface area contributed by atoms with E-state index in [1.54, 1.807) is 33.0 Å². The van der Waals surface area contributed by atoms with Crippen LogP contribution in [-0.4, -0.2) is 51.1 Å². The van der Waals surface area contributed by atoms with E-state index in [2.05, 4.69) is 0 Å². The van der Waals surface area contributed by atoms with Gasteiger partial charge in [-0.25, -0.2) is 4.79 Å². The second kappa shape index (κ2) is 7.17. The van der Waals surface area contributed by atoms with Gasteiger partial charge in [0.05, 0.1) is 29.4 Å². The number of nitrogens with zero attached hydrogens (tertiary/aromatic N) is 2. The molecule has 1 aromatic rings. The van der Waals surface area contributed by atoms with Gasteiger partial charge >= 0.3 is 5.97 Å². The van der Waals surface area contributed by atoms with Gasteiger partial charge in [-0.15, -0.1) is 0 Å². The van der Waals surface area contributed by atoms with Crippen molar-refractivity contribution in [2.45, 2.75) is 6.92 Å². The van der Waals surface area contributed by atoms with E-state index in [-0.39, 0.29) is 24.6 Å². The van der Waals surface area contributed by atoms with Crippen molar-refractivity contribution in [1.82, 2.24) is 4.90 Å². The van der Waals surface area contributed by atoms with E-state index in [0.29, 0.717) is 16.4 Å². The molecule has 21 heavy (non-hydrogen) atoms. The monoisotopic (exact) mass is 313 g/mol. The van der Waals surface area contributed by atoms with Crippen LogP contribution in [0, 0.1) is 0 Å². The smallest absolute Gasteiger partial charge is 0.340 e. The van der Waals surface area contributed by atoms with Gasteiger partial charge < -0.3 is 20.3 Å². The summed E-state index contributed by atoms with van der Waals surface area (Å²) in [6, 6.07) is 3.03. The number of carbonyl (C=O) groups is 2. The molecule has 0 fully saturated rings. The molecule has 0 saturated heterocycles. The lowest BCUT2D eigenvalue weighted by molar-refractivity contribution is -0.127. The third kappa shape index (κ3) is 4.26. The molecule has 2 N–H and O–H groups in total. The SMILES string of the molecule is CCOC(=O)c1cc(N)cc(Cl)c1N(C)CC(=O)N(C)C. The fraction of sp³-hybridized carbons (Fsp3) is 0.429. The molecule has 7 heteroatoms. The predicted molar refractivity (Wildman–Crippen MR) is 83.8 cm³/mol. The van der Waals surface area contributed by atoms with Gasteiger partial charge in [-0.1, -0.05) is 11.6 Å². The van der Waals surface area contributed by atoms with Crippen LogP contribution < -0.4 is 10.6 Å². The summed E-state index contributed by atoms with van der Waals surface area (Å²) in [5.74, 6) is -0.633. The van der Waals surface area contributed by atoms with Crippen LogP contribution in [0.1, 0.15) is 17.3 Å². The molecule has 6 nitrogen and oxygen atoms in total. The average molecular weight is 314 g/mol. The third-order valence-electron chi connectivity index (χ3n) is 2.83. The maximum Gasteiger partial charge on any atom is 0.340 e. The van der Waals surface area contributed by atoms with Gasteiger partial charge in [0, 0.05) is 26.8 Å². The standard InChI is InChI=1S/C14H20ClN3O3/c1-5-21-14(20)10-6-9(16)7-11(15)13(10)18(4)8-12(19)17(2)3/h6-7H,5,8,16H2,1-4H3. The Hall–Kier alpha value is -1.95. The summed E-state index contributed by atoms with van der Waals surface area (Å²) in [5, 5.41) is 0.298. The third-order valence-corrected chi connectivity index (χ3v) is 3.12. The van der Waals surface area contributed by atoms with Gasteiger partial charge in [0.1, 0.15) is 0 Å². The zero-order valence-electron chi connectivity index (χ0n) is 12.6. The van der Waals surface area contributed by atoms with Crippen molar-refractivity contribution in [1.29, 1.82) is 0 Å². The van der Waals surface area contributed by atoms with E-state index in [1.165, 1.54) is 17.0 Å². The van der Waals surface area contributed by atoms with Gasteiger partial charge in [0.25, 0.3) is 0 Å². The van der Waals surface area contributed by atoms with Crippen molar-refractivity contribution < 1.29 is 14.3 Å². The minimum atomic E-state index is -0.522. The van der Waals surface area contributed by atoms with Crippen LogP contribution in [0.15, 0.2) is 12.1 Å². The van der Waals surface area contributed by atoms with E-state index >= 15 is 0 Å². The van der Waals surface area contributed by atoms with Crippen molar-refractivity contribution in [2.24, 2.45) is 0 Å². The number of esters is 1. The highest BCUT2D eigenvalue weighted by molar-refractivity contribution is 6.34. The first-order valence-electron chi connectivity index (χ1n) is 6.45. The molecule has 0 unspecified atom stereocenters. The molecule has 0 aliphatic carbocycles. The molecule has 0 saturated carbocycles. The summed E-state index contributed by atoms with van der Waals surface area (Å²) in [7, 11) is 5.00. The summed E-state index contributed by atoms with van der Waals surface area (Å²) >= 11 is 6.18. The number of anilines is 2. The molecule has 0 heterocycles. The van der Waals surface area contributed by atoms with E-state index < -0.39 is 5.97 Å². The van der Waals surface area contributed by atoms with Crippen molar-refractivity contribution >= 4 is 34.9 Å². The lowest BCUT2D eigenvalue weighted by atomic mass is 10.1. The first kappa shape index (κ1) is 17.1. The fourth-order valence-corrected chi connectivity index (χ4v) is 2.17. The molecule has 116 valence electrons. The number of likely N-dealkylation sites (N-methyl/N-ethyl adjacent to an activating group) is 2. The Morgan fingerprint density at radius 2 is 1.90 bits per heavy atom. The van der Waals surface area contributed by atoms with Crippen molar-refractivity contribution in [2.75, 3.05) is 44.9 Å². The number of hydrogen-bond acceptors (Lipinski definition) is 5. The summed E-state index contributed by atoms with van der Waals surface area (Å²) in [6.07, 6.45) is 0. The van der Waals surface area contributed by atoms with Crippen LogP contribution in [0.25, 0.3) is 0 Å². The van der Waals surface area contributed by atoms with E-state index in [1.807, 2.05) is 0 Å². The Labute approximate surface area is 129 Å². The van der Waals surface area contributed by atoms with Gasteiger partial charge in [0.2, 0.25) is 5.91 Å². The second-order valence-corrected chi connectivity index (χ2v) is 5.17. The van der Waals surface area contributed by atoms with Crippen LogP contribution >= 0.6 is 11.6 Å². The number of nitrogens with two attached hydrogens (primary N) is 1. The number of ether oxygens (including phenoxy) is 1. The lowest BCUT2D eigenvalue weighted by Gasteiger charge is -2.24. The number of halogens is 1. The Morgan fingerprint density at radius 3 is 2.43 bits per heavy atom.